The van der Waals surface area contributed by atoms with Crippen LogP contribution in [0, 0.1) is 0 Å². The van der Waals surface area contributed by atoms with Gasteiger partial charge in [0.05, 0.1) is 7.11 Å². The van der Waals surface area contributed by atoms with Crippen molar-refractivity contribution in [1.82, 2.24) is 0 Å². The number of ether oxygens (including phenoxy) is 2. The highest BCUT2D eigenvalue weighted by Crippen LogP contribution is 2.20. The van der Waals surface area contributed by atoms with Crippen molar-refractivity contribution < 1.29 is 23.5 Å². The molecule has 1 heterocycles. The third-order valence-corrected chi connectivity index (χ3v) is 2.67. The number of fused-ring (bicyclic) bond motifs is 1. The van der Waals surface area contributed by atoms with Gasteiger partial charge in [-0.15, -0.1) is 0 Å². The van der Waals surface area contributed by atoms with Crippen LogP contribution in [0.25, 0.3) is 11.0 Å². The van der Waals surface area contributed by atoms with Gasteiger partial charge < -0.3 is 13.9 Å². The van der Waals surface area contributed by atoms with Crippen LogP contribution in [0.2, 0.25) is 0 Å². The van der Waals surface area contributed by atoms with Gasteiger partial charge in [-0.25, -0.2) is 9.59 Å². The Kier molecular flexibility index (Phi) is 3.84. The molecule has 20 heavy (non-hydrogen) atoms. The molecule has 0 saturated carbocycles. The molecule has 0 bridgehead atoms. The first-order valence-electron chi connectivity index (χ1n) is 5.79. The summed E-state index contributed by atoms with van der Waals surface area (Å²) in [5.41, 5.74) is -0.418. The number of rotatable bonds is 4. The van der Waals surface area contributed by atoms with Crippen LogP contribution in [0.3, 0.4) is 0 Å². The standard InChI is InChI=1S/C14H12O6/c1-8(15)11-5-9-3-4-10(19-7-13(16)18-2)6-12(9)20-14(11)17/h3-6H,7H2,1-2H3. The van der Waals surface area contributed by atoms with E-state index in [1.807, 2.05) is 0 Å². The van der Waals surface area contributed by atoms with Crippen molar-refractivity contribution in [2.24, 2.45) is 0 Å². The molecule has 6 heteroatoms. The lowest BCUT2D eigenvalue weighted by Gasteiger charge is -2.05. The Morgan fingerprint density at radius 1 is 1.25 bits per heavy atom. The number of benzene rings is 1. The highest BCUT2D eigenvalue weighted by Gasteiger charge is 2.10. The van der Waals surface area contributed by atoms with Crippen LogP contribution < -0.4 is 10.4 Å². The van der Waals surface area contributed by atoms with Crippen molar-refractivity contribution in [3.05, 3.63) is 40.2 Å². The average molecular weight is 276 g/mol. The first kappa shape index (κ1) is 13.8. The van der Waals surface area contributed by atoms with Gasteiger partial charge in [0.1, 0.15) is 16.9 Å². The second-order valence-corrected chi connectivity index (χ2v) is 4.07. The molecule has 2 aromatic rings. The fraction of sp³-hybridized carbons (Fsp3) is 0.214. The van der Waals surface area contributed by atoms with Crippen molar-refractivity contribution >= 4 is 22.7 Å². The van der Waals surface area contributed by atoms with E-state index in [-0.39, 0.29) is 23.5 Å². The molecular weight excluding hydrogens is 264 g/mol. The molecule has 0 fully saturated rings. The molecule has 0 aliphatic rings. The molecule has 2 rings (SSSR count). The fourth-order valence-corrected chi connectivity index (χ4v) is 1.63. The summed E-state index contributed by atoms with van der Waals surface area (Å²) >= 11 is 0. The molecule has 1 aromatic carbocycles. The first-order chi connectivity index (χ1) is 9.51. The molecular formula is C14H12O6. The van der Waals surface area contributed by atoms with Crippen LogP contribution in [0.4, 0.5) is 0 Å². The van der Waals surface area contributed by atoms with Crippen LogP contribution in [0.1, 0.15) is 17.3 Å². The van der Waals surface area contributed by atoms with Gasteiger partial charge in [0.2, 0.25) is 0 Å². The van der Waals surface area contributed by atoms with Crippen LogP contribution in [-0.2, 0) is 9.53 Å². The van der Waals surface area contributed by atoms with Crippen LogP contribution >= 0.6 is 0 Å². The van der Waals surface area contributed by atoms with Gasteiger partial charge in [-0.05, 0) is 25.1 Å². The number of hydrogen-bond acceptors (Lipinski definition) is 6. The second kappa shape index (κ2) is 5.56. The van der Waals surface area contributed by atoms with E-state index in [0.29, 0.717) is 11.1 Å². The molecule has 0 spiro atoms. The summed E-state index contributed by atoms with van der Waals surface area (Å²) in [6.45, 7) is 1.06. The minimum absolute atomic E-state index is 0.000675. The molecule has 0 amide bonds. The Balaban J connectivity index is 2.35. The maximum atomic E-state index is 11.6. The van der Waals surface area contributed by atoms with Gasteiger partial charge in [-0.3, -0.25) is 4.79 Å². The maximum absolute atomic E-state index is 11.6. The van der Waals surface area contributed by atoms with E-state index >= 15 is 0 Å². The number of hydrogen-bond donors (Lipinski definition) is 0. The lowest BCUT2D eigenvalue weighted by molar-refractivity contribution is -0.142. The summed E-state index contributed by atoms with van der Waals surface area (Å²) in [6.07, 6.45) is 0. The Bertz CT molecular complexity index is 728. The van der Waals surface area contributed by atoms with Gasteiger partial charge >= 0.3 is 11.6 Å². The van der Waals surface area contributed by atoms with Crippen molar-refractivity contribution in [2.75, 3.05) is 13.7 Å². The van der Waals surface area contributed by atoms with Crippen molar-refractivity contribution in [3.63, 3.8) is 0 Å². The predicted octanol–water partition coefficient (Wildman–Crippen LogP) is 1.55. The predicted molar refractivity (Wildman–Crippen MR) is 70.0 cm³/mol. The molecule has 0 unspecified atom stereocenters. The smallest absolute Gasteiger partial charge is 0.347 e. The summed E-state index contributed by atoms with van der Waals surface area (Å²) in [4.78, 5) is 33.8. The number of carbonyl (C=O) groups is 2. The average Bonchev–Trinajstić information content (AvgIpc) is 2.43. The Morgan fingerprint density at radius 3 is 2.65 bits per heavy atom. The summed E-state index contributed by atoms with van der Waals surface area (Å²) in [5, 5.41) is 0.597. The SMILES string of the molecule is COC(=O)COc1ccc2cc(C(C)=O)c(=O)oc2c1. The monoisotopic (exact) mass is 276 g/mol. The highest BCUT2D eigenvalue weighted by molar-refractivity contribution is 5.96. The molecule has 0 saturated heterocycles. The zero-order valence-corrected chi connectivity index (χ0v) is 11.0. The largest absolute Gasteiger partial charge is 0.482 e. The molecule has 0 aliphatic carbocycles. The molecule has 0 aliphatic heterocycles. The number of carbonyl (C=O) groups excluding carboxylic acids is 2. The number of methoxy groups -OCH3 is 1. The minimum atomic E-state index is -0.699. The topological polar surface area (TPSA) is 82.8 Å². The van der Waals surface area contributed by atoms with Crippen molar-refractivity contribution in [3.8, 4) is 5.75 Å². The number of esters is 1. The third kappa shape index (κ3) is 2.85. The van der Waals surface area contributed by atoms with E-state index in [1.165, 1.54) is 26.2 Å². The van der Waals surface area contributed by atoms with Gasteiger partial charge in [-0.1, -0.05) is 0 Å². The van der Waals surface area contributed by atoms with Crippen molar-refractivity contribution in [2.45, 2.75) is 6.92 Å². The lowest BCUT2D eigenvalue weighted by Crippen LogP contribution is -2.13. The second-order valence-electron chi connectivity index (χ2n) is 4.07. The van der Waals surface area contributed by atoms with E-state index in [2.05, 4.69) is 4.74 Å². The fourth-order valence-electron chi connectivity index (χ4n) is 1.63. The summed E-state index contributed by atoms with van der Waals surface area (Å²) < 4.78 is 14.7. The molecule has 6 nitrogen and oxygen atoms in total. The number of ketones is 1. The Labute approximate surface area is 113 Å². The van der Waals surface area contributed by atoms with Crippen LogP contribution in [-0.4, -0.2) is 25.5 Å². The maximum Gasteiger partial charge on any atom is 0.347 e. The first-order valence-corrected chi connectivity index (χ1v) is 5.79. The highest BCUT2D eigenvalue weighted by atomic mass is 16.6. The minimum Gasteiger partial charge on any atom is -0.482 e. The lowest BCUT2D eigenvalue weighted by atomic mass is 10.1. The summed E-state index contributed by atoms with van der Waals surface area (Å²) in [7, 11) is 1.26. The third-order valence-electron chi connectivity index (χ3n) is 2.67. The zero-order chi connectivity index (χ0) is 14.7. The molecule has 0 N–H and O–H groups in total. The van der Waals surface area contributed by atoms with E-state index in [0.717, 1.165) is 0 Å². The van der Waals surface area contributed by atoms with Crippen molar-refractivity contribution in [1.29, 1.82) is 0 Å². The molecule has 0 radical (unpaired) electrons. The quantitative estimate of drug-likeness (QED) is 0.478. The Hall–Kier alpha value is -2.63. The van der Waals surface area contributed by atoms with Gasteiger partial charge in [-0.2, -0.15) is 0 Å². The molecule has 104 valence electrons. The van der Waals surface area contributed by atoms with Crippen LogP contribution in [0.15, 0.2) is 33.5 Å². The number of Topliss-reactive ketones (excluding diaryl/α,β-unsaturated/α-hetero) is 1. The van der Waals surface area contributed by atoms with Gasteiger partial charge in [0.15, 0.2) is 12.4 Å². The molecule has 1 aromatic heterocycles. The summed E-state index contributed by atoms with van der Waals surface area (Å²) in [6, 6.07) is 6.18. The van der Waals surface area contributed by atoms with Crippen LogP contribution in [0.5, 0.6) is 5.75 Å². The summed E-state index contributed by atoms with van der Waals surface area (Å²) in [5.74, 6) is -0.508. The Morgan fingerprint density at radius 2 is 2.00 bits per heavy atom. The zero-order valence-electron chi connectivity index (χ0n) is 11.0. The van der Waals surface area contributed by atoms with Gasteiger partial charge in [0.25, 0.3) is 0 Å². The van der Waals surface area contributed by atoms with E-state index in [1.54, 1.807) is 12.1 Å². The van der Waals surface area contributed by atoms with E-state index in [9.17, 15) is 14.4 Å². The van der Waals surface area contributed by atoms with E-state index in [4.69, 9.17) is 9.15 Å². The normalized spacial score (nSPS) is 10.3. The molecule has 0 atom stereocenters. The van der Waals surface area contributed by atoms with Gasteiger partial charge in [0, 0.05) is 11.5 Å². The van der Waals surface area contributed by atoms with E-state index < -0.39 is 11.6 Å².